The van der Waals surface area contributed by atoms with Crippen molar-refractivity contribution in [1.82, 2.24) is 9.88 Å². The topological polar surface area (TPSA) is 43.3 Å². The first-order chi connectivity index (χ1) is 9.72. The molecule has 0 aliphatic rings. The molecule has 106 valence electrons. The van der Waals surface area contributed by atoms with Crippen LogP contribution < -0.4 is 15.5 Å². The summed E-state index contributed by atoms with van der Waals surface area (Å²) in [6, 6.07) is 11.4. The lowest BCUT2D eigenvalue weighted by Crippen LogP contribution is -2.25. The van der Waals surface area contributed by atoms with Gasteiger partial charge in [-0.3, -0.25) is 4.79 Å². The Kier molecular flexibility index (Phi) is 4.96. The van der Waals surface area contributed by atoms with Crippen molar-refractivity contribution in [3.8, 4) is 5.75 Å². The fourth-order valence-corrected chi connectivity index (χ4v) is 2.17. The van der Waals surface area contributed by atoms with Gasteiger partial charge in [-0.1, -0.05) is 19.1 Å². The number of rotatable bonds is 6. The van der Waals surface area contributed by atoms with Crippen molar-refractivity contribution in [2.45, 2.75) is 19.5 Å². The molecule has 0 amide bonds. The van der Waals surface area contributed by atoms with Crippen molar-refractivity contribution < 1.29 is 4.74 Å². The summed E-state index contributed by atoms with van der Waals surface area (Å²) in [5.74, 6) is 0.852. The molecular formula is C16H20N2O2. The van der Waals surface area contributed by atoms with Crippen molar-refractivity contribution in [3.05, 3.63) is 64.6 Å². The highest BCUT2D eigenvalue weighted by Crippen LogP contribution is 2.20. The van der Waals surface area contributed by atoms with Crippen molar-refractivity contribution in [3.63, 3.8) is 0 Å². The molecule has 1 N–H and O–H groups in total. The number of benzene rings is 1. The van der Waals surface area contributed by atoms with E-state index in [1.54, 1.807) is 19.2 Å². The minimum absolute atomic E-state index is 0.0302. The summed E-state index contributed by atoms with van der Waals surface area (Å²) in [5, 5.41) is 3.46. The van der Waals surface area contributed by atoms with Gasteiger partial charge in [-0.2, -0.15) is 0 Å². The third kappa shape index (κ3) is 3.71. The van der Waals surface area contributed by atoms with Crippen LogP contribution in [0.2, 0.25) is 0 Å². The second-order valence-corrected chi connectivity index (χ2v) is 4.62. The van der Waals surface area contributed by atoms with E-state index in [0.29, 0.717) is 0 Å². The van der Waals surface area contributed by atoms with E-state index in [1.165, 1.54) is 5.56 Å². The number of nitrogens with zero attached hydrogens (tertiary/aromatic N) is 1. The van der Waals surface area contributed by atoms with Gasteiger partial charge in [0.25, 0.3) is 0 Å². The predicted octanol–water partition coefficient (Wildman–Crippen LogP) is 2.21. The highest BCUT2D eigenvalue weighted by Gasteiger charge is 2.11. The smallest absolute Gasteiger partial charge is 0.181 e. The Hall–Kier alpha value is -2.07. The van der Waals surface area contributed by atoms with E-state index in [1.807, 2.05) is 35.2 Å². The number of hydrogen-bond acceptors (Lipinski definition) is 3. The molecule has 0 fully saturated rings. The molecule has 1 heterocycles. The van der Waals surface area contributed by atoms with Crippen LogP contribution in [0.1, 0.15) is 18.5 Å². The maximum absolute atomic E-state index is 11.1. The van der Waals surface area contributed by atoms with Gasteiger partial charge in [0, 0.05) is 31.1 Å². The third-order valence-electron chi connectivity index (χ3n) is 3.20. The molecule has 0 spiro atoms. The van der Waals surface area contributed by atoms with Crippen molar-refractivity contribution in [2.24, 2.45) is 0 Å². The number of hydrogen-bond donors (Lipinski definition) is 1. The van der Waals surface area contributed by atoms with Crippen molar-refractivity contribution in [1.29, 1.82) is 0 Å². The molecule has 0 aliphatic heterocycles. The van der Waals surface area contributed by atoms with Crippen LogP contribution in [0, 0.1) is 0 Å². The van der Waals surface area contributed by atoms with Crippen LogP contribution in [0.5, 0.6) is 5.75 Å². The predicted molar refractivity (Wildman–Crippen MR) is 80.1 cm³/mol. The summed E-state index contributed by atoms with van der Waals surface area (Å²) in [5.41, 5.74) is 1.20. The van der Waals surface area contributed by atoms with Crippen LogP contribution in [-0.2, 0) is 6.54 Å². The summed E-state index contributed by atoms with van der Waals surface area (Å²) in [7, 11) is 1.67. The molecular weight excluding hydrogens is 252 g/mol. The fraction of sp³-hybridized carbons (Fsp3) is 0.312. The van der Waals surface area contributed by atoms with Gasteiger partial charge in [-0.15, -0.1) is 0 Å². The molecule has 0 radical (unpaired) electrons. The Balaban J connectivity index is 2.21. The quantitative estimate of drug-likeness (QED) is 0.876. The summed E-state index contributed by atoms with van der Waals surface area (Å²) in [6.07, 6.45) is 3.62. The van der Waals surface area contributed by atoms with Gasteiger partial charge < -0.3 is 14.6 Å². The number of methoxy groups -OCH3 is 1. The maximum atomic E-state index is 11.1. The number of likely N-dealkylation sites (N-methyl/N-ethyl adjacent to an activating group) is 1. The lowest BCUT2D eigenvalue weighted by atomic mass is 10.1. The summed E-state index contributed by atoms with van der Waals surface area (Å²) >= 11 is 0. The molecule has 4 nitrogen and oxygen atoms in total. The molecule has 0 saturated carbocycles. The largest absolute Gasteiger partial charge is 0.497 e. The zero-order valence-electron chi connectivity index (χ0n) is 11.9. The molecule has 1 atom stereocenters. The highest BCUT2D eigenvalue weighted by atomic mass is 16.5. The lowest BCUT2D eigenvalue weighted by Gasteiger charge is -2.20. The Labute approximate surface area is 119 Å². The van der Waals surface area contributed by atoms with E-state index in [-0.39, 0.29) is 11.5 Å². The molecule has 2 rings (SSSR count). The Bertz CT molecular complexity index is 587. The standard InChI is InChI=1S/C16H20N2O2/c1-3-17-16(12-18-9-7-14(19)8-10-18)13-5-4-6-15(11-13)20-2/h4-11,16-17H,3,12H2,1-2H3. The SMILES string of the molecule is CCNC(Cn1ccc(=O)cc1)c1cccc(OC)c1. The van der Waals surface area contributed by atoms with Crippen LogP contribution in [0.3, 0.4) is 0 Å². The molecule has 4 heteroatoms. The van der Waals surface area contributed by atoms with Gasteiger partial charge in [0.1, 0.15) is 5.75 Å². The van der Waals surface area contributed by atoms with E-state index >= 15 is 0 Å². The highest BCUT2D eigenvalue weighted by molar-refractivity contribution is 5.30. The van der Waals surface area contributed by atoms with Crippen LogP contribution >= 0.6 is 0 Å². The summed E-state index contributed by atoms with van der Waals surface area (Å²) in [6.45, 7) is 3.72. The van der Waals surface area contributed by atoms with Gasteiger partial charge in [0.2, 0.25) is 0 Å². The normalized spacial score (nSPS) is 12.1. The minimum atomic E-state index is 0.0302. The molecule has 0 saturated heterocycles. The van der Waals surface area contributed by atoms with Gasteiger partial charge in [-0.25, -0.2) is 0 Å². The monoisotopic (exact) mass is 272 g/mol. The number of ether oxygens (including phenoxy) is 1. The maximum Gasteiger partial charge on any atom is 0.181 e. The van der Waals surface area contributed by atoms with Crippen molar-refractivity contribution >= 4 is 0 Å². The zero-order valence-corrected chi connectivity index (χ0v) is 11.9. The molecule has 2 aromatic rings. The second-order valence-electron chi connectivity index (χ2n) is 4.62. The van der Waals surface area contributed by atoms with E-state index in [9.17, 15) is 4.79 Å². The third-order valence-corrected chi connectivity index (χ3v) is 3.20. The minimum Gasteiger partial charge on any atom is -0.497 e. The second kappa shape index (κ2) is 6.91. The van der Waals surface area contributed by atoms with Gasteiger partial charge >= 0.3 is 0 Å². The van der Waals surface area contributed by atoms with E-state index < -0.39 is 0 Å². The summed E-state index contributed by atoms with van der Waals surface area (Å²) < 4.78 is 7.28. The van der Waals surface area contributed by atoms with Crippen molar-refractivity contribution in [2.75, 3.05) is 13.7 Å². The first-order valence-electron chi connectivity index (χ1n) is 6.76. The van der Waals surface area contributed by atoms with Crippen LogP contribution in [0.25, 0.3) is 0 Å². The van der Waals surface area contributed by atoms with Crippen LogP contribution in [-0.4, -0.2) is 18.2 Å². The van der Waals surface area contributed by atoms with E-state index in [2.05, 4.69) is 18.3 Å². The Morgan fingerprint density at radius 1 is 1.25 bits per heavy atom. The van der Waals surface area contributed by atoms with E-state index in [0.717, 1.165) is 18.8 Å². The zero-order chi connectivity index (χ0) is 14.4. The molecule has 1 aromatic heterocycles. The van der Waals surface area contributed by atoms with Gasteiger partial charge in [0.15, 0.2) is 5.43 Å². The number of nitrogens with one attached hydrogen (secondary N) is 1. The molecule has 0 aliphatic carbocycles. The number of aromatic nitrogens is 1. The lowest BCUT2D eigenvalue weighted by molar-refractivity contribution is 0.411. The average molecular weight is 272 g/mol. The molecule has 20 heavy (non-hydrogen) atoms. The summed E-state index contributed by atoms with van der Waals surface area (Å²) in [4.78, 5) is 11.1. The van der Waals surface area contributed by atoms with Crippen LogP contribution in [0.15, 0.2) is 53.6 Å². The first-order valence-corrected chi connectivity index (χ1v) is 6.76. The Morgan fingerprint density at radius 3 is 2.65 bits per heavy atom. The number of pyridine rings is 1. The van der Waals surface area contributed by atoms with E-state index in [4.69, 9.17) is 4.74 Å². The molecule has 1 unspecified atom stereocenters. The van der Waals surface area contributed by atoms with Gasteiger partial charge in [0.05, 0.1) is 13.2 Å². The van der Waals surface area contributed by atoms with Gasteiger partial charge in [-0.05, 0) is 24.2 Å². The molecule has 0 bridgehead atoms. The fourth-order valence-electron chi connectivity index (χ4n) is 2.17. The Morgan fingerprint density at radius 2 is 2.00 bits per heavy atom. The average Bonchev–Trinajstić information content (AvgIpc) is 2.49. The van der Waals surface area contributed by atoms with Crippen LogP contribution in [0.4, 0.5) is 0 Å². The first kappa shape index (κ1) is 14.3. The molecule has 1 aromatic carbocycles.